The SMILES string of the molecule is CNC(=O)c1sc(NS(=O)(=O)c2ncc(N)cc2C)nc1-c1ccc(F)c(Cl)c1. The van der Waals surface area contributed by atoms with E-state index in [-0.39, 0.29) is 25.8 Å². The molecule has 0 saturated carbocycles. The molecule has 1 amide bonds. The second kappa shape index (κ2) is 7.93. The van der Waals surface area contributed by atoms with Crippen LogP contribution < -0.4 is 15.8 Å². The highest BCUT2D eigenvalue weighted by molar-refractivity contribution is 7.92. The van der Waals surface area contributed by atoms with Gasteiger partial charge < -0.3 is 11.1 Å². The molecule has 0 saturated heterocycles. The lowest BCUT2D eigenvalue weighted by molar-refractivity contribution is 0.0967. The van der Waals surface area contributed by atoms with E-state index >= 15 is 0 Å². The maximum absolute atomic E-state index is 13.5. The smallest absolute Gasteiger partial charge is 0.281 e. The third-order valence-electron chi connectivity index (χ3n) is 3.78. The molecule has 152 valence electrons. The summed E-state index contributed by atoms with van der Waals surface area (Å²) in [4.78, 5) is 20.5. The van der Waals surface area contributed by atoms with Gasteiger partial charge >= 0.3 is 0 Å². The number of anilines is 2. The quantitative estimate of drug-likeness (QED) is 0.542. The number of aryl methyl sites for hydroxylation is 1. The predicted octanol–water partition coefficient (Wildman–Crippen LogP) is 3.05. The van der Waals surface area contributed by atoms with Crippen molar-refractivity contribution in [2.45, 2.75) is 11.9 Å². The summed E-state index contributed by atoms with van der Waals surface area (Å²) in [6, 6.07) is 5.32. The van der Waals surface area contributed by atoms with Gasteiger partial charge in [-0.15, -0.1) is 0 Å². The molecule has 0 atom stereocenters. The number of rotatable bonds is 5. The third kappa shape index (κ3) is 4.31. The first-order valence-corrected chi connectivity index (χ1v) is 10.7. The molecule has 3 rings (SSSR count). The van der Waals surface area contributed by atoms with Crippen LogP contribution in [0.4, 0.5) is 15.2 Å². The fraction of sp³-hybridized carbons (Fsp3) is 0.118. The second-order valence-electron chi connectivity index (χ2n) is 5.90. The largest absolute Gasteiger partial charge is 0.397 e. The summed E-state index contributed by atoms with van der Waals surface area (Å²) >= 11 is 6.65. The molecule has 0 unspecified atom stereocenters. The van der Waals surface area contributed by atoms with Crippen LogP contribution in [0.1, 0.15) is 15.2 Å². The van der Waals surface area contributed by atoms with E-state index < -0.39 is 21.7 Å². The minimum atomic E-state index is -4.08. The standard InChI is InChI=1S/C17H15ClFN5O3S2/c1-8-5-10(20)7-22-16(8)29(26,27)24-17-23-13(14(28-17)15(25)21-2)9-3-4-12(19)11(18)6-9/h3-7H,20H2,1-2H3,(H,21,25)(H,23,24). The number of nitrogens with two attached hydrogens (primary N) is 1. The number of benzene rings is 1. The summed E-state index contributed by atoms with van der Waals surface area (Å²) < 4.78 is 41.2. The Bertz CT molecular complexity index is 1210. The number of nitrogen functional groups attached to an aromatic ring is 1. The van der Waals surface area contributed by atoms with E-state index in [9.17, 15) is 17.6 Å². The number of aromatic nitrogens is 2. The van der Waals surface area contributed by atoms with Crippen molar-refractivity contribution in [2.75, 3.05) is 17.5 Å². The second-order valence-corrected chi connectivity index (χ2v) is 8.90. The molecule has 0 aliphatic heterocycles. The Balaban J connectivity index is 2.05. The monoisotopic (exact) mass is 455 g/mol. The number of hydrogen-bond donors (Lipinski definition) is 3. The Morgan fingerprint density at radius 1 is 1.31 bits per heavy atom. The number of thiazole rings is 1. The van der Waals surface area contributed by atoms with Gasteiger partial charge in [-0.25, -0.2) is 14.4 Å². The Morgan fingerprint density at radius 3 is 2.66 bits per heavy atom. The minimum Gasteiger partial charge on any atom is -0.397 e. The van der Waals surface area contributed by atoms with Gasteiger partial charge in [-0.3, -0.25) is 9.52 Å². The van der Waals surface area contributed by atoms with Gasteiger partial charge in [0, 0.05) is 12.6 Å². The Morgan fingerprint density at radius 2 is 2.03 bits per heavy atom. The van der Waals surface area contributed by atoms with E-state index in [1.807, 2.05) is 0 Å². The van der Waals surface area contributed by atoms with Crippen LogP contribution in [0.5, 0.6) is 0 Å². The van der Waals surface area contributed by atoms with Crippen LogP contribution in [0.2, 0.25) is 5.02 Å². The van der Waals surface area contributed by atoms with Gasteiger partial charge in [0.15, 0.2) is 10.2 Å². The number of amides is 1. The third-order valence-corrected chi connectivity index (χ3v) is 6.57. The molecule has 29 heavy (non-hydrogen) atoms. The number of hydrogen-bond acceptors (Lipinski definition) is 7. The van der Waals surface area contributed by atoms with Crippen molar-refractivity contribution in [3.05, 3.63) is 51.7 Å². The van der Waals surface area contributed by atoms with Gasteiger partial charge in [0.1, 0.15) is 10.7 Å². The Labute approximate surface area is 175 Å². The molecule has 0 radical (unpaired) electrons. The molecule has 0 fully saturated rings. The van der Waals surface area contributed by atoms with Crippen LogP contribution in [0.25, 0.3) is 11.3 Å². The topological polar surface area (TPSA) is 127 Å². The zero-order chi connectivity index (χ0) is 21.3. The van der Waals surface area contributed by atoms with Crippen LogP contribution in [0.3, 0.4) is 0 Å². The van der Waals surface area contributed by atoms with Crippen LogP contribution in [0, 0.1) is 12.7 Å². The van der Waals surface area contributed by atoms with Crippen LogP contribution in [0.15, 0.2) is 35.5 Å². The van der Waals surface area contributed by atoms with Crippen LogP contribution in [-0.2, 0) is 10.0 Å². The van der Waals surface area contributed by atoms with Crippen molar-refractivity contribution >= 4 is 49.7 Å². The molecule has 3 aromatic rings. The van der Waals surface area contributed by atoms with E-state index in [4.69, 9.17) is 17.3 Å². The molecule has 8 nitrogen and oxygen atoms in total. The molecule has 0 spiro atoms. The minimum absolute atomic E-state index is 0.0583. The molecule has 2 heterocycles. The molecule has 0 aliphatic rings. The number of halogens is 2. The zero-order valence-electron chi connectivity index (χ0n) is 15.2. The summed E-state index contributed by atoms with van der Waals surface area (Å²) in [6.07, 6.45) is 1.23. The molecule has 0 bridgehead atoms. The summed E-state index contributed by atoms with van der Waals surface area (Å²) in [5.41, 5.74) is 6.81. The average Bonchev–Trinajstić information content (AvgIpc) is 3.06. The maximum Gasteiger partial charge on any atom is 0.281 e. The van der Waals surface area contributed by atoms with E-state index in [0.29, 0.717) is 16.8 Å². The summed E-state index contributed by atoms with van der Waals surface area (Å²) in [5.74, 6) is -1.11. The number of nitrogens with zero attached hydrogens (tertiary/aromatic N) is 2. The zero-order valence-corrected chi connectivity index (χ0v) is 17.5. The molecular formula is C17H15ClFN5O3S2. The fourth-order valence-corrected chi connectivity index (χ4v) is 5.01. The molecule has 1 aromatic carbocycles. The first-order valence-electron chi connectivity index (χ1n) is 8.05. The van der Waals surface area contributed by atoms with Gasteiger partial charge in [0.2, 0.25) is 0 Å². The highest BCUT2D eigenvalue weighted by Crippen LogP contribution is 2.34. The Hall–Kier alpha value is -2.76. The van der Waals surface area contributed by atoms with Gasteiger partial charge in [-0.2, -0.15) is 8.42 Å². The number of sulfonamides is 1. The summed E-state index contributed by atoms with van der Waals surface area (Å²) in [5, 5.41) is 2.04. The lowest BCUT2D eigenvalue weighted by Crippen LogP contribution is -2.17. The number of nitrogens with one attached hydrogen (secondary N) is 2. The highest BCUT2D eigenvalue weighted by Gasteiger charge is 2.24. The van der Waals surface area contributed by atoms with Crippen molar-refractivity contribution in [2.24, 2.45) is 0 Å². The van der Waals surface area contributed by atoms with Gasteiger partial charge in [0.05, 0.1) is 22.6 Å². The molecule has 12 heteroatoms. The first kappa shape index (κ1) is 21.0. The summed E-state index contributed by atoms with van der Waals surface area (Å²) in [6.45, 7) is 1.56. The predicted molar refractivity (Wildman–Crippen MR) is 110 cm³/mol. The van der Waals surface area contributed by atoms with Gasteiger partial charge in [-0.05, 0) is 36.8 Å². The van der Waals surface area contributed by atoms with Crippen molar-refractivity contribution in [1.82, 2.24) is 15.3 Å². The molecule has 2 aromatic heterocycles. The lowest BCUT2D eigenvalue weighted by atomic mass is 10.1. The van der Waals surface area contributed by atoms with Crippen molar-refractivity contribution in [1.29, 1.82) is 0 Å². The highest BCUT2D eigenvalue weighted by atomic mass is 35.5. The fourth-order valence-electron chi connectivity index (χ4n) is 2.50. The van der Waals surface area contributed by atoms with Crippen molar-refractivity contribution in [3.8, 4) is 11.3 Å². The van der Waals surface area contributed by atoms with Crippen LogP contribution in [-0.4, -0.2) is 31.3 Å². The van der Waals surface area contributed by atoms with E-state index in [2.05, 4.69) is 20.0 Å². The number of carbonyl (C=O) groups excluding carboxylic acids is 1. The van der Waals surface area contributed by atoms with Gasteiger partial charge in [-0.1, -0.05) is 22.9 Å². The maximum atomic E-state index is 13.5. The number of carbonyl (C=O) groups is 1. The lowest BCUT2D eigenvalue weighted by Gasteiger charge is -2.07. The van der Waals surface area contributed by atoms with Gasteiger partial charge in [0.25, 0.3) is 15.9 Å². The first-order chi connectivity index (χ1) is 13.6. The van der Waals surface area contributed by atoms with Crippen molar-refractivity contribution < 1.29 is 17.6 Å². The number of pyridine rings is 1. The van der Waals surface area contributed by atoms with E-state index in [1.165, 1.54) is 31.4 Å². The summed E-state index contributed by atoms with van der Waals surface area (Å²) in [7, 11) is -2.65. The average molecular weight is 456 g/mol. The molecule has 4 N–H and O–H groups in total. The molecular weight excluding hydrogens is 441 g/mol. The van der Waals surface area contributed by atoms with Crippen molar-refractivity contribution in [3.63, 3.8) is 0 Å². The Kier molecular flexibility index (Phi) is 5.73. The molecule has 0 aliphatic carbocycles. The normalized spacial score (nSPS) is 11.3. The van der Waals surface area contributed by atoms with E-state index in [0.717, 1.165) is 17.4 Å². The van der Waals surface area contributed by atoms with E-state index in [1.54, 1.807) is 6.92 Å². The van der Waals surface area contributed by atoms with Crippen LogP contribution >= 0.6 is 22.9 Å².